The van der Waals surface area contributed by atoms with Gasteiger partial charge in [0, 0.05) is 21.3 Å². The Balaban J connectivity index is 1.44. The van der Waals surface area contributed by atoms with Gasteiger partial charge in [0.2, 0.25) is 11.8 Å². The van der Waals surface area contributed by atoms with Gasteiger partial charge in [-0.1, -0.05) is 23.7 Å². The molecule has 0 atom stereocenters. The Labute approximate surface area is 201 Å². The van der Waals surface area contributed by atoms with E-state index < -0.39 is 5.97 Å². The molecule has 0 heterocycles. The Bertz CT molecular complexity index is 1100. The number of amides is 2. The van der Waals surface area contributed by atoms with Crippen LogP contribution in [0.2, 0.25) is 5.02 Å². The molecule has 0 aliphatic rings. The fourth-order valence-corrected chi connectivity index (χ4v) is 3.70. The first-order valence-corrected chi connectivity index (χ1v) is 11.6. The van der Waals surface area contributed by atoms with Gasteiger partial charge in [0.15, 0.2) is 0 Å². The molecule has 6 nitrogen and oxygen atoms in total. The van der Waals surface area contributed by atoms with Gasteiger partial charge in [-0.15, -0.1) is 11.8 Å². The van der Waals surface area contributed by atoms with E-state index in [4.69, 9.17) is 16.3 Å². The summed E-state index contributed by atoms with van der Waals surface area (Å²) < 4.78 is 4.94. The monoisotopic (exact) mass is 482 g/mol. The molecule has 0 fully saturated rings. The zero-order valence-corrected chi connectivity index (χ0v) is 19.5. The second kappa shape index (κ2) is 12.1. The Kier molecular flexibility index (Phi) is 8.92. The molecular weight excluding hydrogens is 460 g/mol. The summed E-state index contributed by atoms with van der Waals surface area (Å²) >= 11 is 7.24. The van der Waals surface area contributed by atoms with E-state index in [2.05, 4.69) is 10.6 Å². The van der Waals surface area contributed by atoms with Crippen molar-refractivity contribution in [3.8, 4) is 0 Å². The highest BCUT2D eigenvalue weighted by Crippen LogP contribution is 2.21. The number of carbonyl (C=O) groups excluding carboxylic acids is 3. The van der Waals surface area contributed by atoms with Crippen LogP contribution in [0.1, 0.15) is 22.8 Å². The lowest BCUT2D eigenvalue weighted by Crippen LogP contribution is -2.14. The molecule has 3 aromatic carbocycles. The van der Waals surface area contributed by atoms with Crippen molar-refractivity contribution in [1.29, 1.82) is 0 Å². The third-order valence-electron chi connectivity index (χ3n) is 4.47. The number of hydrogen-bond donors (Lipinski definition) is 2. The van der Waals surface area contributed by atoms with Crippen LogP contribution < -0.4 is 10.6 Å². The van der Waals surface area contributed by atoms with Crippen LogP contribution >= 0.6 is 23.4 Å². The molecule has 0 unspecified atom stereocenters. The zero-order chi connectivity index (χ0) is 23.6. The largest absolute Gasteiger partial charge is 0.462 e. The van der Waals surface area contributed by atoms with Crippen molar-refractivity contribution in [3.63, 3.8) is 0 Å². The SMILES string of the molecule is CCOC(=O)c1ccc(NC(=O)CSc2ccc(NC(=O)Cc3ccc(Cl)cc3)cc2)cc1. The summed E-state index contributed by atoms with van der Waals surface area (Å²) in [6.45, 7) is 2.06. The highest BCUT2D eigenvalue weighted by Gasteiger charge is 2.08. The van der Waals surface area contributed by atoms with Crippen LogP contribution in [0.15, 0.2) is 77.7 Å². The zero-order valence-electron chi connectivity index (χ0n) is 18.0. The van der Waals surface area contributed by atoms with Crippen LogP contribution in [-0.2, 0) is 20.7 Å². The maximum Gasteiger partial charge on any atom is 0.338 e. The minimum Gasteiger partial charge on any atom is -0.462 e. The molecule has 0 aliphatic heterocycles. The number of halogens is 1. The third-order valence-corrected chi connectivity index (χ3v) is 5.73. The van der Waals surface area contributed by atoms with Crippen molar-refractivity contribution in [2.45, 2.75) is 18.2 Å². The van der Waals surface area contributed by atoms with Crippen LogP contribution in [0.3, 0.4) is 0 Å². The number of benzene rings is 3. The molecule has 0 saturated carbocycles. The van der Waals surface area contributed by atoms with E-state index in [0.29, 0.717) is 28.6 Å². The van der Waals surface area contributed by atoms with Crippen molar-refractivity contribution in [2.24, 2.45) is 0 Å². The van der Waals surface area contributed by atoms with Gasteiger partial charge in [-0.2, -0.15) is 0 Å². The van der Waals surface area contributed by atoms with Crippen molar-refractivity contribution >= 4 is 52.5 Å². The third kappa shape index (κ3) is 7.97. The van der Waals surface area contributed by atoms with E-state index in [9.17, 15) is 14.4 Å². The van der Waals surface area contributed by atoms with Crippen LogP contribution in [0, 0.1) is 0 Å². The predicted octanol–water partition coefficient (Wildman–Crippen LogP) is 5.43. The van der Waals surface area contributed by atoms with E-state index in [1.54, 1.807) is 55.5 Å². The molecule has 3 rings (SSSR count). The minimum atomic E-state index is -0.393. The maximum atomic E-state index is 12.2. The highest BCUT2D eigenvalue weighted by molar-refractivity contribution is 8.00. The Morgan fingerprint density at radius 1 is 0.818 bits per heavy atom. The quantitative estimate of drug-likeness (QED) is 0.314. The lowest BCUT2D eigenvalue weighted by atomic mass is 10.1. The maximum absolute atomic E-state index is 12.2. The van der Waals surface area contributed by atoms with E-state index in [0.717, 1.165) is 10.5 Å². The van der Waals surface area contributed by atoms with E-state index >= 15 is 0 Å². The molecule has 2 N–H and O–H groups in total. The van der Waals surface area contributed by atoms with Crippen LogP contribution in [-0.4, -0.2) is 30.1 Å². The van der Waals surface area contributed by atoms with Crippen LogP contribution in [0.5, 0.6) is 0 Å². The number of ether oxygens (including phenoxy) is 1. The van der Waals surface area contributed by atoms with Crippen molar-refractivity contribution < 1.29 is 19.1 Å². The molecule has 0 spiro atoms. The summed E-state index contributed by atoms with van der Waals surface area (Å²) in [5.74, 6) is -0.451. The van der Waals surface area contributed by atoms with Gasteiger partial charge in [0.05, 0.1) is 24.3 Å². The number of carbonyl (C=O) groups is 3. The topological polar surface area (TPSA) is 84.5 Å². The van der Waals surface area contributed by atoms with Crippen molar-refractivity contribution in [3.05, 3.63) is 88.9 Å². The molecule has 8 heteroatoms. The van der Waals surface area contributed by atoms with E-state index in [1.807, 2.05) is 24.3 Å². The molecule has 0 aliphatic carbocycles. The Morgan fingerprint density at radius 2 is 1.39 bits per heavy atom. The Hall–Kier alpha value is -3.29. The average molecular weight is 483 g/mol. The first kappa shape index (κ1) is 24.4. The lowest BCUT2D eigenvalue weighted by Gasteiger charge is -2.08. The molecule has 3 aromatic rings. The van der Waals surface area contributed by atoms with Crippen LogP contribution in [0.4, 0.5) is 11.4 Å². The van der Waals surface area contributed by atoms with E-state index in [-0.39, 0.29) is 24.0 Å². The number of anilines is 2. The number of thioether (sulfide) groups is 1. The van der Waals surface area contributed by atoms with Gasteiger partial charge in [-0.25, -0.2) is 4.79 Å². The van der Waals surface area contributed by atoms with Crippen molar-refractivity contribution in [2.75, 3.05) is 23.0 Å². The van der Waals surface area contributed by atoms with Gasteiger partial charge in [-0.3, -0.25) is 9.59 Å². The molecule has 33 heavy (non-hydrogen) atoms. The van der Waals surface area contributed by atoms with Gasteiger partial charge < -0.3 is 15.4 Å². The summed E-state index contributed by atoms with van der Waals surface area (Å²) in [5, 5.41) is 6.29. The molecule has 2 amide bonds. The summed E-state index contributed by atoms with van der Waals surface area (Å²) in [6.07, 6.45) is 0.259. The number of rotatable bonds is 9. The Morgan fingerprint density at radius 3 is 2.00 bits per heavy atom. The molecule has 170 valence electrons. The minimum absolute atomic E-state index is 0.119. The van der Waals surface area contributed by atoms with Gasteiger partial charge >= 0.3 is 5.97 Å². The molecule has 0 saturated heterocycles. The molecule has 0 bridgehead atoms. The predicted molar refractivity (Wildman–Crippen MR) is 132 cm³/mol. The fraction of sp³-hybridized carbons (Fsp3) is 0.160. The standard InChI is InChI=1S/C25H23ClN2O4S/c1-2-32-25(31)18-5-9-20(10-6-18)28-24(30)16-33-22-13-11-21(12-14-22)27-23(29)15-17-3-7-19(26)8-4-17/h3-14H,2,15-16H2,1H3,(H,27,29)(H,28,30). The summed E-state index contributed by atoms with van der Waals surface area (Å²) in [7, 11) is 0. The van der Waals surface area contributed by atoms with E-state index in [1.165, 1.54) is 11.8 Å². The fourth-order valence-electron chi connectivity index (χ4n) is 2.88. The van der Waals surface area contributed by atoms with Gasteiger partial charge in [0.1, 0.15) is 0 Å². The van der Waals surface area contributed by atoms with Gasteiger partial charge in [-0.05, 0) is 73.2 Å². The summed E-state index contributed by atoms with van der Waals surface area (Å²) in [6, 6.07) is 21.0. The summed E-state index contributed by atoms with van der Waals surface area (Å²) in [4.78, 5) is 37.0. The summed E-state index contributed by atoms with van der Waals surface area (Å²) in [5.41, 5.74) is 2.60. The first-order chi connectivity index (χ1) is 15.9. The number of esters is 1. The normalized spacial score (nSPS) is 10.4. The van der Waals surface area contributed by atoms with Crippen LogP contribution in [0.25, 0.3) is 0 Å². The second-order valence-corrected chi connectivity index (χ2v) is 8.50. The lowest BCUT2D eigenvalue weighted by molar-refractivity contribution is -0.115. The first-order valence-electron chi connectivity index (χ1n) is 10.3. The number of hydrogen-bond acceptors (Lipinski definition) is 5. The van der Waals surface area contributed by atoms with Gasteiger partial charge in [0.25, 0.3) is 0 Å². The highest BCUT2D eigenvalue weighted by atomic mass is 35.5. The molecular formula is C25H23ClN2O4S. The smallest absolute Gasteiger partial charge is 0.338 e. The molecule has 0 aromatic heterocycles. The van der Waals surface area contributed by atoms with Crippen molar-refractivity contribution in [1.82, 2.24) is 0 Å². The average Bonchev–Trinajstić information content (AvgIpc) is 2.81. The number of nitrogens with one attached hydrogen (secondary N) is 2. The second-order valence-electron chi connectivity index (χ2n) is 7.01. The molecule has 0 radical (unpaired) electrons.